The molecule has 0 saturated heterocycles. The molecule has 0 aromatic heterocycles. The molecule has 2 amide bonds. The molecular weight excluding hydrogens is 248 g/mol. The van der Waals surface area contributed by atoms with Gasteiger partial charge in [0.25, 0.3) is 0 Å². The molecule has 1 rings (SSSR count). The Bertz CT molecular complexity index is 574. The van der Waals surface area contributed by atoms with Crippen molar-refractivity contribution in [2.75, 3.05) is 0 Å². The summed E-state index contributed by atoms with van der Waals surface area (Å²) in [4.78, 5) is 23.2. The maximum atomic E-state index is 11.9. The third-order valence-electron chi connectivity index (χ3n) is 2.23. The van der Waals surface area contributed by atoms with Crippen LogP contribution in [-0.2, 0) is 9.53 Å². The maximum Gasteiger partial charge on any atom is 0.407 e. The molecule has 0 radical (unpaired) electrons. The van der Waals surface area contributed by atoms with Crippen LogP contribution in [0.5, 0.6) is 0 Å². The smallest absolute Gasteiger partial charge is 0.407 e. The highest BCUT2D eigenvalue weighted by atomic mass is 16.6. The monoisotopic (exact) mass is 279 g/mol. The molecule has 0 aromatic carbocycles. The average Bonchev–Trinajstić information content (AvgIpc) is 2.41. The van der Waals surface area contributed by atoms with Crippen LogP contribution in [0.4, 0.5) is 4.79 Å². The number of nitrogens with one attached hydrogen (secondary N) is 1. The summed E-state index contributed by atoms with van der Waals surface area (Å²) in [6.45, 7) is 4.65. The number of hydrogen-bond acceptors (Lipinski definition) is 4. The summed E-state index contributed by atoms with van der Waals surface area (Å²) < 4.78 is 59.3. The van der Waals surface area contributed by atoms with Gasteiger partial charge >= 0.3 is 6.09 Å². The summed E-state index contributed by atoms with van der Waals surface area (Å²) >= 11 is 0. The Hall–Kier alpha value is -1.30. The van der Waals surface area contributed by atoms with Crippen molar-refractivity contribution in [1.82, 2.24) is 5.32 Å². The first-order valence-corrected chi connectivity index (χ1v) is 5.79. The first-order chi connectivity index (χ1) is 11.3. The number of aliphatic hydroxyl groups is 1. The third kappa shape index (κ3) is 5.46. The Morgan fingerprint density at radius 3 is 2.63 bits per heavy atom. The van der Waals surface area contributed by atoms with Crippen LogP contribution in [0.15, 0.2) is 0 Å². The summed E-state index contributed by atoms with van der Waals surface area (Å²) in [5, 5.41) is 12.0. The van der Waals surface area contributed by atoms with Gasteiger partial charge in [-0.3, -0.25) is 4.79 Å². The highest BCUT2D eigenvalue weighted by Crippen LogP contribution is 2.31. The van der Waals surface area contributed by atoms with Gasteiger partial charge in [-0.2, -0.15) is 0 Å². The van der Waals surface area contributed by atoms with Crippen LogP contribution in [-0.4, -0.2) is 34.9 Å². The van der Waals surface area contributed by atoms with Crippen LogP contribution in [0, 0.1) is 5.89 Å². The summed E-state index contributed by atoms with van der Waals surface area (Å²) in [5.74, 6) is -3.97. The van der Waals surface area contributed by atoms with Crippen LogP contribution in [0.25, 0.3) is 0 Å². The van der Waals surface area contributed by atoms with Crippen LogP contribution in [0.2, 0.25) is 0 Å². The quantitative estimate of drug-likeness (QED) is 0.696. The van der Waals surface area contributed by atoms with Crippen molar-refractivity contribution >= 4 is 12.0 Å². The minimum absolute atomic E-state index is 0.907. The van der Waals surface area contributed by atoms with Crippen molar-refractivity contribution in [3.8, 4) is 0 Å². The molecule has 6 heteroatoms. The fraction of sp³-hybridized carbons (Fsp3) is 0.846. The first kappa shape index (κ1) is 8.09. The van der Waals surface area contributed by atoms with E-state index in [1.54, 1.807) is 20.8 Å². The molecular formula is C13H24N2O4. The number of amides is 2. The van der Waals surface area contributed by atoms with Crippen molar-refractivity contribution in [3.63, 3.8) is 0 Å². The van der Waals surface area contributed by atoms with Gasteiger partial charge in [-0.25, -0.2) is 4.79 Å². The Balaban J connectivity index is 3.14. The van der Waals surface area contributed by atoms with Crippen LogP contribution >= 0.6 is 0 Å². The molecule has 0 bridgehead atoms. The molecule has 6 nitrogen and oxygen atoms in total. The van der Waals surface area contributed by atoms with Gasteiger partial charge in [0.2, 0.25) is 5.91 Å². The number of ether oxygens (including phenoxy) is 1. The normalized spacial score (nSPS) is 34.2. The minimum atomic E-state index is -2.98. The van der Waals surface area contributed by atoms with Gasteiger partial charge in [0.1, 0.15) is 5.60 Å². The number of carbonyl (C=O) groups is 2. The zero-order chi connectivity index (χ0) is 20.9. The number of nitrogens with two attached hydrogens (primary N) is 1. The standard InChI is InChI=1S/C13H24N2O4/c1-13(2,3)19-12(18)15-9(10(16)11(14)17)7-8-5-4-6-8/h8-10,16H,4-7H2,1-3H3,(H2,14,17)(H,15,18)/i4D2,5D2,6D2,8D. The fourth-order valence-electron chi connectivity index (χ4n) is 1.37. The molecule has 1 saturated carbocycles. The molecule has 2 unspecified atom stereocenters. The molecule has 1 fully saturated rings. The molecule has 4 N–H and O–H groups in total. The molecule has 0 aliphatic heterocycles. The van der Waals surface area contributed by atoms with Gasteiger partial charge in [0.15, 0.2) is 6.10 Å². The van der Waals surface area contributed by atoms with Gasteiger partial charge in [0.05, 0.1) is 6.04 Å². The number of carbonyl (C=O) groups excluding carboxylic acids is 2. The Morgan fingerprint density at radius 1 is 1.58 bits per heavy atom. The highest BCUT2D eigenvalue weighted by Gasteiger charge is 2.31. The molecule has 0 aromatic rings. The van der Waals surface area contributed by atoms with E-state index in [4.69, 9.17) is 20.1 Å². The van der Waals surface area contributed by atoms with Crippen LogP contribution in [0.3, 0.4) is 0 Å². The molecule has 0 spiro atoms. The van der Waals surface area contributed by atoms with Gasteiger partial charge in [-0.05, 0) is 33.1 Å². The van der Waals surface area contributed by atoms with Crippen molar-refractivity contribution in [1.29, 1.82) is 0 Å². The van der Waals surface area contributed by atoms with E-state index < -0.39 is 61.2 Å². The van der Waals surface area contributed by atoms with E-state index in [0.717, 1.165) is 0 Å². The summed E-state index contributed by atoms with van der Waals surface area (Å²) in [6.07, 6.45) is -12.9. The molecule has 1 aliphatic rings. The molecule has 110 valence electrons. The lowest BCUT2D eigenvalue weighted by Gasteiger charge is -2.32. The van der Waals surface area contributed by atoms with Crippen molar-refractivity contribution in [2.24, 2.45) is 11.6 Å². The lowest BCUT2D eigenvalue weighted by molar-refractivity contribution is -0.127. The fourth-order valence-corrected chi connectivity index (χ4v) is 1.37. The van der Waals surface area contributed by atoms with Crippen LogP contribution in [0.1, 0.15) is 55.9 Å². The lowest BCUT2D eigenvalue weighted by atomic mass is 9.80. The summed E-state index contributed by atoms with van der Waals surface area (Å²) in [5.41, 5.74) is 4.07. The maximum absolute atomic E-state index is 11.9. The van der Waals surface area contributed by atoms with E-state index >= 15 is 0 Å². The van der Waals surface area contributed by atoms with Crippen molar-refractivity contribution < 1.29 is 29.0 Å². The van der Waals surface area contributed by atoms with E-state index in [-0.39, 0.29) is 0 Å². The summed E-state index contributed by atoms with van der Waals surface area (Å²) in [6, 6.07) is -1.65. The largest absolute Gasteiger partial charge is 0.444 e. The van der Waals surface area contributed by atoms with Gasteiger partial charge in [-0.15, -0.1) is 0 Å². The second-order valence-electron chi connectivity index (χ2n) is 5.16. The van der Waals surface area contributed by atoms with Crippen molar-refractivity contribution in [2.45, 2.75) is 64.1 Å². The van der Waals surface area contributed by atoms with E-state index in [2.05, 4.69) is 5.32 Å². The second kappa shape index (κ2) is 6.23. The Labute approximate surface area is 123 Å². The number of alkyl carbamates (subject to hydrolysis) is 1. The minimum Gasteiger partial charge on any atom is -0.444 e. The second-order valence-corrected chi connectivity index (χ2v) is 5.16. The Morgan fingerprint density at radius 2 is 2.16 bits per heavy atom. The Kier molecular flexibility index (Phi) is 2.65. The highest BCUT2D eigenvalue weighted by molar-refractivity contribution is 5.80. The average molecular weight is 279 g/mol. The SMILES string of the molecule is [2H]C1([2H])C([2H])([2H])C([2H])(CC(NC(=O)OC(C)(C)C)C(O)C(N)=O)C1([2H])[2H]. The van der Waals surface area contributed by atoms with Gasteiger partial charge in [-0.1, -0.05) is 19.1 Å². The number of aliphatic hydroxyl groups excluding tert-OH is 1. The van der Waals surface area contributed by atoms with E-state index in [1.165, 1.54) is 0 Å². The van der Waals surface area contributed by atoms with Crippen molar-refractivity contribution in [3.05, 3.63) is 0 Å². The number of hydrogen-bond donors (Lipinski definition) is 3. The molecule has 0 heterocycles. The molecule has 1 aliphatic carbocycles. The number of rotatable bonds is 5. The zero-order valence-corrected chi connectivity index (χ0v) is 11.1. The van der Waals surface area contributed by atoms with Crippen LogP contribution < -0.4 is 11.1 Å². The number of primary amides is 1. The van der Waals surface area contributed by atoms with E-state index in [0.29, 0.717) is 0 Å². The van der Waals surface area contributed by atoms with Gasteiger partial charge < -0.3 is 20.9 Å². The summed E-state index contributed by atoms with van der Waals surface area (Å²) in [7, 11) is 0. The predicted octanol–water partition coefficient (Wildman–Crippen LogP) is 0.916. The van der Waals surface area contributed by atoms with E-state index in [9.17, 15) is 14.7 Å². The molecule has 19 heavy (non-hydrogen) atoms. The van der Waals surface area contributed by atoms with Gasteiger partial charge in [0, 0.05) is 9.60 Å². The lowest BCUT2D eigenvalue weighted by Crippen LogP contribution is -2.51. The first-order valence-electron chi connectivity index (χ1n) is 9.29. The third-order valence-corrected chi connectivity index (χ3v) is 2.23. The van der Waals surface area contributed by atoms with E-state index in [1.807, 2.05) is 0 Å². The molecule has 2 atom stereocenters. The zero-order valence-electron chi connectivity index (χ0n) is 18.1. The topological polar surface area (TPSA) is 102 Å². The predicted molar refractivity (Wildman–Crippen MR) is 70.3 cm³/mol.